The molecule has 1 rings (SSSR count). The molecule has 1 aromatic rings. The van der Waals surface area contributed by atoms with E-state index in [1.54, 1.807) is 12.1 Å². The van der Waals surface area contributed by atoms with Gasteiger partial charge in [0.05, 0.1) is 12.8 Å². The molecule has 24 heavy (non-hydrogen) atoms. The number of anilines is 1. The minimum Gasteiger partial charge on any atom is -0.394 e. The van der Waals surface area contributed by atoms with Crippen molar-refractivity contribution >= 4 is 17.8 Å². The third-order valence-electron chi connectivity index (χ3n) is 3.32. The molecular weight excluding hydrogens is 318 g/mol. The van der Waals surface area contributed by atoms with Gasteiger partial charge in [-0.1, -0.05) is 12.1 Å². The van der Waals surface area contributed by atoms with Crippen LogP contribution in [0.15, 0.2) is 29.4 Å². The van der Waals surface area contributed by atoms with Gasteiger partial charge in [-0.3, -0.25) is 4.79 Å². The van der Waals surface area contributed by atoms with Crippen molar-refractivity contribution < 1.29 is 30.3 Å². The molecule has 9 heteroatoms. The van der Waals surface area contributed by atoms with Crippen LogP contribution in [0.25, 0.3) is 0 Å². The predicted octanol–water partition coefficient (Wildman–Crippen LogP) is -2.36. The fraction of sp³-hybridized carbons (Fsp3) is 0.467. The van der Waals surface area contributed by atoms with Gasteiger partial charge in [0, 0.05) is 19.8 Å². The van der Waals surface area contributed by atoms with Gasteiger partial charge in [-0.15, -0.1) is 0 Å². The van der Waals surface area contributed by atoms with E-state index in [0.717, 1.165) is 5.69 Å². The normalized spacial score (nSPS) is 16.5. The van der Waals surface area contributed by atoms with Gasteiger partial charge in [0.2, 0.25) is 0 Å². The number of rotatable bonds is 8. The Labute approximate surface area is 139 Å². The molecular formula is C15H23N3O6. The van der Waals surface area contributed by atoms with Crippen LogP contribution in [0.5, 0.6) is 0 Å². The van der Waals surface area contributed by atoms with Crippen LogP contribution in [-0.4, -0.2) is 82.8 Å². The molecule has 0 aliphatic heterocycles. The second-order valence-electron chi connectivity index (χ2n) is 5.40. The molecule has 0 aromatic heterocycles. The lowest BCUT2D eigenvalue weighted by atomic mass is 10.0. The van der Waals surface area contributed by atoms with Gasteiger partial charge in [0.1, 0.15) is 18.3 Å². The molecule has 0 radical (unpaired) electrons. The summed E-state index contributed by atoms with van der Waals surface area (Å²) in [4.78, 5) is 13.6. The second kappa shape index (κ2) is 9.30. The fourth-order valence-electron chi connectivity index (χ4n) is 1.77. The second-order valence-corrected chi connectivity index (χ2v) is 5.40. The molecule has 134 valence electrons. The zero-order valence-corrected chi connectivity index (χ0v) is 13.4. The number of benzene rings is 1. The third-order valence-corrected chi connectivity index (χ3v) is 3.32. The summed E-state index contributed by atoms with van der Waals surface area (Å²) in [5.74, 6) is -1.06. The Balaban J connectivity index is 2.58. The number of hydrogen-bond acceptors (Lipinski definition) is 8. The molecule has 0 aliphatic carbocycles. The molecule has 0 aliphatic rings. The number of carbonyl (C=O) groups excluding carboxylic acids is 1. The van der Waals surface area contributed by atoms with Gasteiger partial charge < -0.3 is 30.4 Å². The molecule has 0 spiro atoms. The summed E-state index contributed by atoms with van der Waals surface area (Å²) in [6.07, 6.45) is -6.20. The quantitative estimate of drug-likeness (QED) is 0.229. The molecule has 1 aromatic carbocycles. The van der Waals surface area contributed by atoms with Gasteiger partial charge in [0.25, 0.3) is 5.91 Å². The van der Waals surface area contributed by atoms with Gasteiger partial charge in [-0.05, 0) is 17.7 Å². The van der Waals surface area contributed by atoms with Crippen LogP contribution in [0.3, 0.4) is 0 Å². The minimum absolute atomic E-state index is 0.701. The maximum atomic E-state index is 11.6. The smallest absolute Gasteiger partial charge is 0.271 e. The Bertz CT molecular complexity index is 549. The van der Waals surface area contributed by atoms with E-state index >= 15 is 0 Å². The lowest BCUT2D eigenvalue weighted by molar-refractivity contribution is -0.148. The van der Waals surface area contributed by atoms with E-state index in [4.69, 9.17) is 5.11 Å². The highest BCUT2D eigenvalue weighted by Crippen LogP contribution is 2.11. The van der Waals surface area contributed by atoms with Crippen molar-refractivity contribution in [3.8, 4) is 0 Å². The van der Waals surface area contributed by atoms with Crippen LogP contribution >= 0.6 is 0 Å². The molecule has 9 nitrogen and oxygen atoms in total. The topological polar surface area (TPSA) is 146 Å². The van der Waals surface area contributed by atoms with Crippen LogP contribution in [0, 0.1) is 0 Å². The van der Waals surface area contributed by atoms with Crippen molar-refractivity contribution in [2.24, 2.45) is 5.10 Å². The molecule has 6 N–H and O–H groups in total. The number of carbonyl (C=O) groups is 1. The van der Waals surface area contributed by atoms with Gasteiger partial charge in [-0.25, -0.2) is 5.43 Å². The Morgan fingerprint density at radius 3 is 2.25 bits per heavy atom. The lowest BCUT2D eigenvalue weighted by Crippen LogP contribution is -2.50. The SMILES string of the molecule is CN(C)c1ccc(/C=N\NC(=O)[C@@H](O)[C@H](O)[C@H](O)[C@H](O)CO)cc1. The average Bonchev–Trinajstić information content (AvgIpc) is 2.59. The zero-order valence-electron chi connectivity index (χ0n) is 13.4. The van der Waals surface area contributed by atoms with E-state index in [9.17, 15) is 25.2 Å². The largest absolute Gasteiger partial charge is 0.394 e. The Kier molecular flexibility index (Phi) is 7.75. The van der Waals surface area contributed by atoms with E-state index < -0.39 is 36.9 Å². The van der Waals surface area contributed by atoms with Crippen LogP contribution in [0.2, 0.25) is 0 Å². The zero-order chi connectivity index (χ0) is 18.3. The van der Waals surface area contributed by atoms with Gasteiger partial charge in [-0.2, -0.15) is 5.10 Å². The molecule has 0 unspecified atom stereocenters. The van der Waals surface area contributed by atoms with E-state index in [1.807, 2.05) is 36.6 Å². The van der Waals surface area contributed by atoms with Crippen LogP contribution in [0.1, 0.15) is 5.56 Å². The van der Waals surface area contributed by atoms with Crippen molar-refractivity contribution in [2.45, 2.75) is 24.4 Å². The summed E-state index contributed by atoms with van der Waals surface area (Å²) in [7, 11) is 3.80. The predicted molar refractivity (Wildman–Crippen MR) is 87.6 cm³/mol. The Morgan fingerprint density at radius 1 is 1.17 bits per heavy atom. The monoisotopic (exact) mass is 341 g/mol. The Morgan fingerprint density at radius 2 is 1.75 bits per heavy atom. The fourth-order valence-corrected chi connectivity index (χ4v) is 1.77. The number of hydrogen-bond donors (Lipinski definition) is 6. The van der Waals surface area contributed by atoms with Crippen LogP contribution in [-0.2, 0) is 4.79 Å². The summed E-state index contributed by atoms with van der Waals surface area (Å²) in [6, 6.07) is 7.26. The van der Waals surface area contributed by atoms with Gasteiger partial charge >= 0.3 is 0 Å². The highest BCUT2D eigenvalue weighted by atomic mass is 16.4. The number of nitrogens with zero attached hydrogens (tertiary/aromatic N) is 2. The number of aliphatic hydroxyl groups excluding tert-OH is 5. The summed E-state index contributed by atoms with van der Waals surface area (Å²) >= 11 is 0. The minimum atomic E-state index is -2.02. The molecule has 0 heterocycles. The first kappa shape index (κ1) is 20.0. The van der Waals surface area contributed by atoms with E-state index in [1.165, 1.54) is 6.21 Å². The number of aliphatic hydroxyl groups is 5. The summed E-state index contributed by atoms with van der Waals surface area (Å²) in [6.45, 7) is -0.826. The number of hydrazone groups is 1. The maximum absolute atomic E-state index is 11.6. The van der Waals surface area contributed by atoms with Crippen molar-refractivity contribution in [2.75, 3.05) is 25.6 Å². The molecule has 0 fully saturated rings. The first-order chi connectivity index (χ1) is 11.3. The molecule has 0 saturated heterocycles. The van der Waals surface area contributed by atoms with Crippen LogP contribution in [0.4, 0.5) is 5.69 Å². The molecule has 0 bridgehead atoms. The van der Waals surface area contributed by atoms with E-state index in [-0.39, 0.29) is 0 Å². The van der Waals surface area contributed by atoms with Crippen molar-refractivity contribution in [1.82, 2.24) is 5.43 Å². The Hall–Kier alpha value is -2.04. The third kappa shape index (κ3) is 5.55. The molecule has 1 amide bonds. The van der Waals surface area contributed by atoms with Crippen molar-refractivity contribution in [1.29, 1.82) is 0 Å². The summed E-state index contributed by atoms with van der Waals surface area (Å²) in [5, 5.41) is 50.1. The van der Waals surface area contributed by atoms with Crippen LogP contribution < -0.4 is 10.3 Å². The first-order valence-corrected chi connectivity index (χ1v) is 7.21. The average molecular weight is 341 g/mol. The highest BCUT2D eigenvalue weighted by molar-refractivity contribution is 5.84. The molecule has 4 atom stereocenters. The maximum Gasteiger partial charge on any atom is 0.271 e. The summed E-state index contributed by atoms with van der Waals surface area (Å²) in [5.41, 5.74) is 3.71. The van der Waals surface area contributed by atoms with Crippen molar-refractivity contribution in [3.63, 3.8) is 0 Å². The lowest BCUT2D eigenvalue weighted by Gasteiger charge is -2.24. The molecule has 0 saturated carbocycles. The van der Waals surface area contributed by atoms with E-state index in [0.29, 0.717) is 5.56 Å². The first-order valence-electron chi connectivity index (χ1n) is 7.21. The number of amides is 1. The standard InChI is InChI=1S/C15H23N3O6/c1-18(2)10-5-3-9(4-6-10)7-16-17-15(24)14(23)13(22)12(21)11(20)8-19/h3-7,11-14,19-23H,8H2,1-2H3,(H,17,24)/b16-7-/t11-,12-,13-,14+/m1/s1. The van der Waals surface area contributed by atoms with Gasteiger partial charge in [0.15, 0.2) is 6.10 Å². The van der Waals surface area contributed by atoms with E-state index in [2.05, 4.69) is 5.10 Å². The number of nitrogens with one attached hydrogen (secondary N) is 1. The highest BCUT2D eigenvalue weighted by Gasteiger charge is 2.34. The summed E-state index contributed by atoms with van der Waals surface area (Å²) < 4.78 is 0. The van der Waals surface area contributed by atoms with Crippen molar-refractivity contribution in [3.05, 3.63) is 29.8 Å².